The average Bonchev–Trinajstić information content (AvgIpc) is 2.28. The number of nitrogens with two attached hydrogens (primary N) is 1. The molecule has 0 aliphatic carbocycles. The van der Waals surface area contributed by atoms with E-state index < -0.39 is 10.0 Å². The van der Waals surface area contributed by atoms with Crippen LogP contribution < -0.4 is 5.73 Å². The number of nitrogens with zero attached hydrogens (tertiary/aromatic N) is 1. The van der Waals surface area contributed by atoms with Crippen LogP contribution in [0.3, 0.4) is 0 Å². The van der Waals surface area contributed by atoms with Crippen LogP contribution in [0.2, 0.25) is 0 Å². The number of hydrogen-bond acceptors (Lipinski definition) is 3. The van der Waals surface area contributed by atoms with Gasteiger partial charge in [0.05, 0.1) is 12.3 Å². The van der Waals surface area contributed by atoms with Crippen molar-refractivity contribution in [2.75, 3.05) is 19.3 Å². The predicted octanol–water partition coefficient (Wildman–Crippen LogP) is 0.894. The molecule has 4 nitrogen and oxygen atoms in total. The fourth-order valence-electron chi connectivity index (χ4n) is 2.48. The van der Waals surface area contributed by atoms with Crippen molar-refractivity contribution in [2.24, 2.45) is 5.73 Å². The summed E-state index contributed by atoms with van der Waals surface area (Å²) in [4.78, 5) is 0. The van der Waals surface area contributed by atoms with Gasteiger partial charge in [-0.2, -0.15) is 4.31 Å². The Kier molecular flexibility index (Phi) is 3.51. The van der Waals surface area contributed by atoms with Crippen LogP contribution in [0.5, 0.6) is 0 Å². The molecule has 0 bridgehead atoms. The van der Waals surface area contributed by atoms with Crippen LogP contribution in [0.1, 0.15) is 23.6 Å². The molecule has 94 valence electrons. The van der Waals surface area contributed by atoms with E-state index in [9.17, 15) is 8.42 Å². The van der Waals surface area contributed by atoms with Gasteiger partial charge in [-0.1, -0.05) is 24.3 Å². The molecular formula is C12H18N2O2S. The molecule has 17 heavy (non-hydrogen) atoms. The number of rotatable bonds is 3. The Bertz CT molecular complexity index is 499. The average molecular weight is 254 g/mol. The molecule has 0 saturated carbocycles. The summed E-state index contributed by atoms with van der Waals surface area (Å²) in [6.07, 6.45) is 2.72. The van der Waals surface area contributed by atoms with Crippen molar-refractivity contribution in [2.45, 2.75) is 18.9 Å². The third-order valence-electron chi connectivity index (χ3n) is 3.23. The van der Waals surface area contributed by atoms with Gasteiger partial charge >= 0.3 is 0 Å². The Morgan fingerprint density at radius 1 is 1.41 bits per heavy atom. The normalized spacial score (nSPS) is 21.2. The van der Waals surface area contributed by atoms with Gasteiger partial charge in [-0.25, -0.2) is 8.42 Å². The molecule has 0 saturated heterocycles. The second-order valence-electron chi connectivity index (χ2n) is 4.42. The Morgan fingerprint density at radius 2 is 2.12 bits per heavy atom. The molecule has 0 spiro atoms. The highest BCUT2D eigenvalue weighted by Crippen LogP contribution is 2.33. The highest BCUT2D eigenvalue weighted by molar-refractivity contribution is 7.88. The van der Waals surface area contributed by atoms with E-state index in [4.69, 9.17) is 5.73 Å². The zero-order chi connectivity index (χ0) is 12.5. The Labute approximate surface area is 102 Å². The number of hydrogen-bond donors (Lipinski definition) is 1. The van der Waals surface area contributed by atoms with Crippen LogP contribution in [0, 0.1) is 0 Å². The van der Waals surface area contributed by atoms with Gasteiger partial charge in [0.25, 0.3) is 0 Å². The molecule has 0 amide bonds. The molecule has 1 atom stereocenters. The van der Waals surface area contributed by atoms with Gasteiger partial charge < -0.3 is 5.73 Å². The molecule has 0 aromatic heterocycles. The van der Waals surface area contributed by atoms with E-state index in [0.29, 0.717) is 19.5 Å². The third-order valence-corrected chi connectivity index (χ3v) is 4.52. The van der Waals surface area contributed by atoms with E-state index in [1.54, 1.807) is 4.31 Å². The van der Waals surface area contributed by atoms with E-state index in [1.807, 2.05) is 18.2 Å². The monoisotopic (exact) mass is 254 g/mol. The first-order chi connectivity index (χ1) is 8.04. The summed E-state index contributed by atoms with van der Waals surface area (Å²) in [6.45, 7) is 1.05. The Hall–Kier alpha value is -0.910. The zero-order valence-corrected chi connectivity index (χ0v) is 10.8. The first-order valence-electron chi connectivity index (χ1n) is 5.78. The summed E-state index contributed by atoms with van der Waals surface area (Å²) >= 11 is 0. The molecule has 2 N–H and O–H groups in total. The van der Waals surface area contributed by atoms with Crippen molar-refractivity contribution in [3.8, 4) is 0 Å². The van der Waals surface area contributed by atoms with Crippen molar-refractivity contribution in [1.82, 2.24) is 4.31 Å². The molecule has 2 rings (SSSR count). The highest BCUT2D eigenvalue weighted by atomic mass is 32.2. The van der Waals surface area contributed by atoms with Gasteiger partial charge in [0.15, 0.2) is 0 Å². The van der Waals surface area contributed by atoms with Crippen LogP contribution >= 0.6 is 0 Å². The second-order valence-corrected chi connectivity index (χ2v) is 6.35. The predicted molar refractivity (Wildman–Crippen MR) is 68.1 cm³/mol. The van der Waals surface area contributed by atoms with Crippen molar-refractivity contribution in [1.29, 1.82) is 0 Å². The maximum absolute atomic E-state index is 11.8. The Morgan fingerprint density at radius 3 is 2.76 bits per heavy atom. The van der Waals surface area contributed by atoms with Gasteiger partial charge in [-0.05, 0) is 30.5 Å². The van der Waals surface area contributed by atoms with E-state index in [0.717, 1.165) is 12.0 Å². The van der Waals surface area contributed by atoms with E-state index in [1.165, 1.54) is 11.8 Å². The van der Waals surface area contributed by atoms with Crippen LogP contribution in [0.15, 0.2) is 24.3 Å². The van der Waals surface area contributed by atoms with E-state index in [-0.39, 0.29) is 6.04 Å². The minimum Gasteiger partial charge on any atom is -0.330 e. The number of benzene rings is 1. The van der Waals surface area contributed by atoms with Gasteiger partial charge in [-0.3, -0.25) is 0 Å². The molecule has 1 heterocycles. The van der Waals surface area contributed by atoms with E-state index in [2.05, 4.69) is 6.07 Å². The van der Waals surface area contributed by atoms with Crippen molar-refractivity contribution in [3.63, 3.8) is 0 Å². The molecule has 1 unspecified atom stereocenters. The van der Waals surface area contributed by atoms with Crippen molar-refractivity contribution in [3.05, 3.63) is 35.4 Å². The molecule has 5 heteroatoms. The SMILES string of the molecule is CS(=O)(=O)N1CCc2ccccc2C1CCN. The molecule has 0 fully saturated rings. The topological polar surface area (TPSA) is 63.4 Å². The zero-order valence-electron chi connectivity index (χ0n) is 9.96. The van der Waals surface area contributed by atoms with Crippen LogP contribution in [-0.4, -0.2) is 32.1 Å². The lowest BCUT2D eigenvalue weighted by atomic mass is 9.92. The molecule has 0 radical (unpaired) electrons. The van der Waals surface area contributed by atoms with Crippen LogP contribution in [-0.2, 0) is 16.4 Å². The lowest BCUT2D eigenvalue weighted by Crippen LogP contribution is -2.40. The fourth-order valence-corrected chi connectivity index (χ4v) is 3.59. The van der Waals surface area contributed by atoms with E-state index >= 15 is 0 Å². The number of fused-ring (bicyclic) bond motifs is 1. The molecule has 1 aromatic rings. The minimum atomic E-state index is -3.16. The first kappa shape index (κ1) is 12.5. The van der Waals surface area contributed by atoms with Crippen LogP contribution in [0.4, 0.5) is 0 Å². The molecule has 1 aromatic carbocycles. The standard InChI is InChI=1S/C12H18N2O2S/c1-17(15,16)14-9-7-10-4-2-3-5-11(10)12(14)6-8-13/h2-5,12H,6-9,13H2,1H3. The summed E-state index contributed by atoms with van der Waals surface area (Å²) in [6, 6.07) is 7.92. The fraction of sp³-hybridized carbons (Fsp3) is 0.500. The number of sulfonamides is 1. The summed E-state index contributed by atoms with van der Waals surface area (Å²) in [5.41, 5.74) is 7.95. The lowest BCUT2D eigenvalue weighted by Gasteiger charge is -2.35. The maximum Gasteiger partial charge on any atom is 0.211 e. The highest BCUT2D eigenvalue weighted by Gasteiger charge is 2.32. The summed E-state index contributed by atoms with van der Waals surface area (Å²) in [7, 11) is -3.16. The molecule has 1 aliphatic heterocycles. The summed E-state index contributed by atoms with van der Waals surface area (Å²) in [5.74, 6) is 0. The first-order valence-corrected chi connectivity index (χ1v) is 7.63. The van der Waals surface area contributed by atoms with Gasteiger partial charge in [0.1, 0.15) is 0 Å². The van der Waals surface area contributed by atoms with Gasteiger partial charge in [0.2, 0.25) is 10.0 Å². The van der Waals surface area contributed by atoms with Gasteiger partial charge in [-0.15, -0.1) is 0 Å². The van der Waals surface area contributed by atoms with Crippen LogP contribution in [0.25, 0.3) is 0 Å². The van der Waals surface area contributed by atoms with Crippen molar-refractivity contribution >= 4 is 10.0 Å². The molecular weight excluding hydrogens is 236 g/mol. The molecule has 1 aliphatic rings. The third kappa shape index (κ3) is 2.51. The van der Waals surface area contributed by atoms with Crippen molar-refractivity contribution < 1.29 is 8.42 Å². The quantitative estimate of drug-likeness (QED) is 0.871. The summed E-state index contributed by atoms with van der Waals surface area (Å²) < 4.78 is 25.1. The second kappa shape index (κ2) is 4.76. The summed E-state index contributed by atoms with van der Waals surface area (Å²) in [5, 5.41) is 0. The smallest absolute Gasteiger partial charge is 0.211 e. The maximum atomic E-state index is 11.8. The Balaban J connectivity index is 2.43. The minimum absolute atomic E-state index is 0.0973. The largest absolute Gasteiger partial charge is 0.330 e. The van der Waals surface area contributed by atoms with Gasteiger partial charge in [0, 0.05) is 6.54 Å². The lowest BCUT2D eigenvalue weighted by molar-refractivity contribution is 0.298.